The van der Waals surface area contributed by atoms with E-state index in [1.807, 2.05) is 19.2 Å². The Kier molecular flexibility index (Phi) is 4.27. The van der Waals surface area contributed by atoms with Gasteiger partial charge in [0.15, 0.2) is 0 Å². The van der Waals surface area contributed by atoms with Crippen molar-refractivity contribution in [3.05, 3.63) is 63.4 Å². The van der Waals surface area contributed by atoms with Crippen molar-refractivity contribution in [3.63, 3.8) is 0 Å². The minimum Gasteiger partial charge on any atom is -0.489 e. The highest BCUT2D eigenvalue weighted by atomic mass is 79.9. The van der Waals surface area contributed by atoms with Gasteiger partial charge in [0.1, 0.15) is 18.2 Å². The molecule has 0 aliphatic heterocycles. The molecule has 110 valence electrons. The standard InChI is InChI=1S/C17H17BrFNO/c1-20-16-8-6-13-12(16)3-2-4-17(13)21-10-11-5-7-15(19)14(18)9-11/h2-5,7,9,16,20H,6,8,10H2,1H3. The van der Waals surface area contributed by atoms with Crippen molar-refractivity contribution in [3.8, 4) is 5.75 Å². The monoisotopic (exact) mass is 349 g/mol. The summed E-state index contributed by atoms with van der Waals surface area (Å²) >= 11 is 3.20. The zero-order valence-electron chi connectivity index (χ0n) is 11.8. The molecule has 1 atom stereocenters. The maximum atomic E-state index is 13.2. The van der Waals surface area contributed by atoms with Crippen LogP contribution in [0.2, 0.25) is 0 Å². The molecular formula is C17H17BrFNO. The second-order valence-corrected chi connectivity index (χ2v) is 6.10. The number of benzene rings is 2. The molecule has 2 aromatic carbocycles. The lowest BCUT2D eigenvalue weighted by Gasteiger charge is -2.13. The smallest absolute Gasteiger partial charge is 0.137 e. The van der Waals surface area contributed by atoms with Gasteiger partial charge in [-0.1, -0.05) is 18.2 Å². The molecule has 4 heteroatoms. The number of ether oxygens (including phenoxy) is 1. The van der Waals surface area contributed by atoms with E-state index in [4.69, 9.17) is 4.74 Å². The quantitative estimate of drug-likeness (QED) is 0.884. The number of fused-ring (bicyclic) bond motifs is 1. The van der Waals surface area contributed by atoms with Crippen LogP contribution in [0.15, 0.2) is 40.9 Å². The first-order chi connectivity index (χ1) is 10.2. The third-order valence-corrected chi connectivity index (χ3v) is 4.56. The molecule has 0 aromatic heterocycles. The van der Waals surface area contributed by atoms with Gasteiger partial charge >= 0.3 is 0 Å². The van der Waals surface area contributed by atoms with Gasteiger partial charge in [-0.3, -0.25) is 0 Å². The summed E-state index contributed by atoms with van der Waals surface area (Å²) in [6.07, 6.45) is 2.14. The average Bonchev–Trinajstić information content (AvgIpc) is 2.92. The van der Waals surface area contributed by atoms with E-state index < -0.39 is 0 Å². The van der Waals surface area contributed by atoms with E-state index in [1.54, 1.807) is 12.1 Å². The molecule has 1 aliphatic rings. The molecule has 2 nitrogen and oxygen atoms in total. The fourth-order valence-corrected chi connectivity index (χ4v) is 3.27. The Labute approximate surface area is 132 Å². The number of nitrogens with one attached hydrogen (secondary N) is 1. The molecule has 0 amide bonds. The molecule has 0 spiro atoms. The largest absolute Gasteiger partial charge is 0.489 e. The van der Waals surface area contributed by atoms with Crippen molar-refractivity contribution < 1.29 is 9.13 Å². The van der Waals surface area contributed by atoms with Crippen LogP contribution in [0.4, 0.5) is 4.39 Å². The maximum absolute atomic E-state index is 13.2. The summed E-state index contributed by atoms with van der Waals surface area (Å²) in [6.45, 7) is 0.444. The maximum Gasteiger partial charge on any atom is 0.137 e. The van der Waals surface area contributed by atoms with E-state index in [2.05, 4.69) is 27.3 Å². The molecule has 0 bridgehead atoms. The summed E-state index contributed by atoms with van der Waals surface area (Å²) in [5.41, 5.74) is 3.57. The SMILES string of the molecule is CNC1CCc2c(OCc3ccc(F)c(Br)c3)cccc21. The predicted molar refractivity (Wildman–Crippen MR) is 85.0 cm³/mol. The van der Waals surface area contributed by atoms with Crippen molar-refractivity contribution in [2.45, 2.75) is 25.5 Å². The van der Waals surface area contributed by atoms with Gasteiger partial charge in [0, 0.05) is 6.04 Å². The summed E-state index contributed by atoms with van der Waals surface area (Å²) in [7, 11) is 1.99. The summed E-state index contributed by atoms with van der Waals surface area (Å²) < 4.78 is 19.7. The van der Waals surface area contributed by atoms with Crippen LogP contribution in [-0.4, -0.2) is 7.05 Å². The predicted octanol–water partition coefficient (Wildman–Crippen LogP) is 4.37. The Balaban J connectivity index is 1.77. The number of halogens is 2. The van der Waals surface area contributed by atoms with Crippen molar-refractivity contribution in [2.24, 2.45) is 0 Å². The van der Waals surface area contributed by atoms with E-state index in [-0.39, 0.29) is 5.82 Å². The highest BCUT2D eigenvalue weighted by molar-refractivity contribution is 9.10. The third-order valence-electron chi connectivity index (χ3n) is 3.95. The normalized spacial score (nSPS) is 16.8. The van der Waals surface area contributed by atoms with Crippen LogP contribution in [0.25, 0.3) is 0 Å². The van der Waals surface area contributed by atoms with Crippen LogP contribution in [0.3, 0.4) is 0 Å². The zero-order chi connectivity index (χ0) is 14.8. The first-order valence-electron chi connectivity index (χ1n) is 7.05. The highest BCUT2D eigenvalue weighted by Crippen LogP contribution is 2.37. The van der Waals surface area contributed by atoms with Gasteiger partial charge in [0.05, 0.1) is 4.47 Å². The molecule has 0 saturated carbocycles. The topological polar surface area (TPSA) is 21.3 Å². The molecule has 0 fully saturated rings. The fraction of sp³-hybridized carbons (Fsp3) is 0.294. The average molecular weight is 350 g/mol. The minimum absolute atomic E-state index is 0.254. The molecule has 0 heterocycles. The van der Waals surface area contributed by atoms with Crippen molar-refractivity contribution >= 4 is 15.9 Å². The van der Waals surface area contributed by atoms with Gasteiger partial charge < -0.3 is 10.1 Å². The second-order valence-electron chi connectivity index (χ2n) is 5.24. The second kappa shape index (κ2) is 6.16. The van der Waals surface area contributed by atoms with Gasteiger partial charge in [-0.2, -0.15) is 0 Å². The Morgan fingerprint density at radius 2 is 2.19 bits per heavy atom. The lowest BCUT2D eigenvalue weighted by Crippen LogP contribution is -2.12. The van der Waals surface area contributed by atoms with E-state index in [0.29, 0.717) is 17.1 Å². The molecular weight excluding hydrogens is 333 g/mol. The van der Waals surface area contributed by atoms with Crippen molar-refractivity contribution in [1.29, 1.82) is 0 Å². The van der Waals surface area contributed by atoms with Gasteiger partial charge in [-0.25, -0.2) is 4.39 Å². The highest BCUT2D eigenvalue weighted by Gasteiger charge is 2.23. The lowest BCUT2D eigenvalue weighted by molar-refractivity contribution is 0.303. The molecule has 3 rings (SSSR count). The Hall–Kier alpha value is -1.39. The van der Waals surface area contributed by atoms with E-state index in [9.17, 15) is 4.39 Å². The van der Waals surface area contributed by atoms with Crippen LogP contribution >= 0.6 is 15.9 Å². The van der Waals surface area contributed by atoms with Gasteiger partial charge in [0.25, 0.3) is 0 Å². The summed E-state index contributed by atoms with van der Waals surface area (Å²) in [6, 6.07) is 11.6. The molecule has 1 N–H and O–H groups in total. The minimum atomic E-state index is -0.254. The van der Waals surface area contributed by atoms with E-state index in [0.717, 1.165) is 24.2 Å². The van der Waals surface area contributed by atoms with E-state index in [1.165, 1.54) is 17.2 Å². The molecule has 21 heavy (non-hydrogen) atoms. The van der Waals surface area contributed by atoms with Crippen molar-refractivity contribution in [2.75, 3.05) is 7.05 Å². The van der Waals surface area contributed by atoms with Gasteiger partial charge in [-0.15, -0.1) is 0 Å². The van der Waals surface area contributed by atoms with Gasteiger partial charge in [-0.05, 0) is 70.7 Å². The number of hydrogen-bond donors (Lipinski definition) is 1. The Bertz CT molecular complexity index is 659. The molecule has 0 saturated heterocycles. The Morgan fingerprint density at radius 3 is 2.95 bits per heavy atom. The molecule has 2 aromatic rings. The van der Waals surface area contributed by atoms with Gasteiger partial charge in [0.2, 0.25) is 0 Å². The summed E-state index contributed by atoms with van der Waals surface area (Å²) in [5.74, 6) is 0.682. The number of hydrogen-bond acceptors (Lipinski definition) is 2. The van der Waals surface area contributed by atoms with Crippen LogP contribution in [-0.2, 0) is 13.0 Å². The number of rotatable bonds is 4. The third kappa shape index (κ3) is 2.97. The van der Waals surface area contributed by atoms with Crippen LogP contribution < -0.4 is 10.1 Å². The molecule has 1 unspecified atom stereocenters. The van der Waals surface area contributed by atoms with E-state index >= 15 is 0 Å². The lowest BCUT2D eigenvalue weighted by atomic mass is 10.1. The fourth-order valence-electron chi connectivity index (χ4n) is 2.85. The first kappa shape index (κ1) is 14.5. The summed E-state index contributed by atoms with van der Waals surface area (Å²) in [4.78, 5) is 0. The van der Waals surface area contributed by atoms with Crippen LogP contribution in [0, 0.1) is 5.82 Å². The first-order valence-corrected chi connectivity index (χ1v) is 7.84. The zero-order valence-corrected chi connectivity index (χ0v) is 13.4. The van der Waals surface area contributed by atoms with Crippen LogP contribution in [0.5, 0.6) is 5.75 Å². The summed E-state index contributed by atoms with van der Waals surface area (Å²) in [5, 5.41) is 3.33. The van der Waals surface area contributed by atoms with Crippen LogP contribution in [0.1, 0.15) is 29.2 Å². The van der Waals surface area contributed by atoms with Crippen molar-refractivity contribution in [1.82, 2.24) is 5.32 Å². The molecule has 1 aliphatic carbocycles. The Morgan fingerprint density at radius 1 is 1.33 bits per heavy atom. The molecule has 0 radical (unpaired) electrons.